The second-order valence-corrected chi connectivity index (χ2v) is 4.26. The molecule has 17 heavy (non-hydrogen) atoms. The van der Waals surface area contributed by atoms with E-state index in [0.717, 1.165) is 17.0 Å². The van der Waals surface area contributed by atoms with Crippen molar-refractivity contribution < 1.29 is 5.11 Å². The van der Waals surface area contributed by atoms with Gasteiger partial charge in [0.1, 0.15) is 5.84 Å². The molecule has 0 saturated heterocycles. The summed E-state index contributed by atoms with van der Waals surface area (Å²) in [5.41, 5.74) is 1.99. The molecule has 3 heteroatoms. The average molecular weight is 226 g/mol. The van der Waals surface area contributed by atoms with E-state index in [1.807, 2.05) is 36.4 Å². The van der Waals surface area contributed by atoms with E-state index in [0.29, 0.717) is 0 Å². The maximum absolute atomic E-state index is 9.00. The highest BCUT2D eigenvalue weighted by molar-refractivity contribution is 6.00. The summed E-state index contributed by atoms with van der Waals surface area (Å²) in [6.45, 7) is 0.0803. The molecule has 1 aliphatic heterocycles. The maximum Gasteiger partial charge on any atom is 0.129 e. The topological polar surface area (TPSA) is 44.6 Å². The molecular weight excluding hydrogens is 212 g/mol. The Bertz CT molecular complexity index is 499. The molecule has 3 rings (SSSR count). The van der Waals surface area contributed by atoms with Gasteiger partial charge in [-0.15, -0.1) is 0 Å². The third kappa shape index (κ3) is 1.89. The minimum absolute atomic E-state index is 0.0803. The van der Waals surface area contributed by atoms with Gasteiger partial charge in [-0.1, -0.05) is 48.6 Å². The molecule has 2 aliphatic rings. The predicted molar refractivity (Wildman–Crippen MR) is 67.9 cm³/mol. The summed E-state index contributed by atoms with van der Waals surface area (Å²) >= 11 is 0. The summed E-state index contributed by atoms with van der Waals surface area (Å²) < 4.78 is 0. The number of nitrogens with one attached hydrogen (secondary N) is 1. The Morgan fingerprint density at radius 1 is 1.12 bits per heavy atom. The molecule has 0 spiro atoms. The first-order valence-corrected chi connectivity index (χ1v) is 5.76. The van der Waals surface area contributed by atoms with E-state index in [9.17, 15) is 0 Å². The van der Waals surface area contributed by atoms with Crippen molar-refractivity contribution in [3.05, 3.63) is 59.7 Å². The maximum atomic E-state index is 9.00. The fourth-order valence-electron chi connectivity index (χ4n) is 2.12. The summed E-state index contributed by atoms with van der Waals surface area (Å²) in [5, 5.41) is 12.4. The van der Waals surface area contributed by atoms with Crippen molar-refractivity contribution in [2.75, 3.05) is 0 Å². The van der Waals surface area contributed by atoms with Crippen molar-refractivity contribution in [2.24, 2.45) is 4.99 Å². The molecule has 1 heterocycles. The van der Waals surface area contributed by atoms with E-state index in [4.69, 9.17) is 5.11 Å². The lowest BCUT2D eigenvalue weighted by molar-refractivity contribution is 0.282. The van der Waals surface area contributed by atoms with Crippen molar-refractivity contribution >= 4 is 5.84 Å². The van der Waals surface area contributed by atoms with Gasteiger partial charge in [-0.25, -0.2) is 0 Å². The molecule has 2 N–H and O–H groups in total. The number of allylic oxidation sites excluding steroid dienone is 2. The van der Waals surface area contributed by atoms with E-state index < -0.39 is 0 Å². The van der Waals surface area contributed by atoms with Crippen LogP contribution in [0.3, 0.4) is 0 Å². The van der Waals surface area contributed by atoms with Gasteiger partial charge in [0.2, 0.25) is 0 Å². The van der Waals surface area contributed by atoms with Gasteiger partial charge in [-0.2, -0.15) is 0 Å². The molecule has 0 radical (unpaired) electrons. The number of amidine groups is 1. The number of aliphatic hydroxyl groups excluding tert-OH is 1. The van der Waals surface area contributed by atoms with Gasteiger partial charge < -0.3 is 10.4 Å². The van der Waals surface area contributed by atoms with Gasteiger partial charge in [0.05, 0.1) is 18.7 Å². The molecule has 1 unspecified atom stereocenters. The summed E-state index contributed by atoms with van der Waals surface area (Å²) in [7, 11) is 0. The van der Waals surface area contributed by atoms with Gasteiger partial charge in [-0.05, 0) is 5.56 Å². The fraction of sp³-hybridized carbons (Fsp3) is 0.214. The number of rotatable bonds is 2. The van der Waals surface area contributed by atoms with Crippen LogP contribution < -0.4 is 5.32 Å². The molecule has 3 nitrogen and oxygen atoms in total. The van der Waals surface area contributed by atoms with Crippen LogP contribution in [-0.4, -0.2) is 23.0 Å². The van der Waals surface area contributed by atoms with Crippen molar-refractivity contribution in [1.29, 1.82) is 0 Å². The van der Waals surface area contributed by atoms with Gasteiger partial charge in [0, 0.05) is 5.56 Å². The summed E-state index contributed by atoms with van der Waals surface area (Å²) in [6.07, 6.45) is 8.31. The SMILES string of the molecule is OCc1ccc(C2=N[C@H]3C=CC=CC3N2)cc1. The van der Waals surface area contributed by atoms with E-state index in [-0.39, 0.29) is 18.7 Å². The number of aliphatic imine (C=N–C) groups is 1. The third-order valence-electron chi connectivity index (χ3n) is 3.10. The van der Waals surface area contributed by atoms with Crippen LogP contribution in [0.15, 0.2) is 53.6 Å². The van der Waals surface area contributed by atoms with E-state index in [2.05, 4.69) is 22.5 Å². The quantitative estimate of drug-likeness (QED) is 0.800. The van der Waals surface area contributed by atoms with Crippen LogP contribution in [0.4, 0.5) is 0 Å². The average Bonchev–Trinajstić information content (AvgIpc) is 2.82. The first-order valence-electron chi connectivity index (χ1n) is 5.76. The molecule has 2 atom stereocenters. The first kappa shape index (κ1) is 10.3. The minimum Gasteiger partial charge on any atom is -0.392 e. The largest absolute Gasteiger partial charge is 0.392 e. The molecule has 1 aromatic rings. The number of hydrogen-bond acceptors (Lipinski definition) is 3. The van der Waals surface area contributed by atoms with Crippen LogP contribution in [0.2, 0.25) is 0 Å². The van der Waals surface area contributed by atoms with E-state index in [1.165, 1.54) is 0 Å². The van der Waals surface area contributed by atoms with Gasteiger partial charge >= 0.3 is 0 Å². The highest BCUT2D eigenvalue weighted by Crippen LogP contribution is 2.17. The van der Waals surface area contributed by atoms with Crippen LogP contribution in [0, 0.1) is 0 Å². The molecule has 0 fully saturated rings. The molecule has 0 saturated carbocycles. The molecule has 0 bridgehead atoms. The number of aliphatic hydroxyl groups is 1. The van der Waals surface area contributed by atoms with Crippen LogP contribution in [0.1, 0.15) is 11.1 Å². The van der Waals surface area contributed by atoms with E-state index in [1.54, 1.807) is 0 Å². The molecule has 86 valence electrons. The van der Waals surface area contributed by atoms with Gasteiger partial charge in [0.15, 0.2) is 0 Å². The number of hydrogen-bond donors (Lipinski definition) is 2. The monoisotopic (exact) mass is 226 g/mol. The lowest BCUT2D eigenvalue weighted by Crippen LogP contribution is -2.33. The lowest BCUT2D eigenvalue weighted by Gasteiger charge is -2.13. The molecule has 0 aromatic heterocycles. The third-order valence-corrected chi connectivity index (χ3v) is 3.10. The van der Waals surface area contributed by atoms with Crippen molar-refractivity contribution in [2.45, 2.75) is 18.7 Å². The molecule has 1 aromatic carbocycles. The zero-order valence-electron chi connectivity index (χ0n) is 9.38. The summed E-state index contributed by atoms with van der Waals surface area (Å²) in [5.74, 6) is 0.931. The highest BCUT2D eigenvalue weighted by Gasteiger charge is 2.26. The van der Waals surface area contributed by atoms with Crippen molar-refractivity contribution in [3.8, 4) is 0 Å². The number of benzene rings is 1. The Kier molecular flexibility index (Phi) is 2.53. The second-order valence-electron chi connectivity index (χ2n) is 4.26. The first-order chi connectivity index (χ1) is 8.36. The standard InChI is InChI=1S/C14H14N2O/c17-9-10-5-7-11(8-6-10)14-15-12-3-1-2-4-13(12)16-14/h1-8,12-13,17H,9H2,(H,15,16)/t12-,13?/m0/s1. The minimum atomic E-state index is 0.0803. The van der Waals surface area contributed by atoms with Crippen LogP contribution in [0.25, 0.3) is 0 Å². The normalized spacial score (nSPS) is 25.4. The number of fused-ring (bicyclic) bond motifs is 1. The Labute approximate surface area is 100 Å². The Hall–Kier alpha value is -1.87. The van der Waals surface area contributed by atoms with Gasteiger partial charge in [0.25, 0.3) is 0 Å². The Morgan fingerprint density at radius 2 is 1.88 bits per heavy atom. The van der Waals surface area contributed by atoms with E-state index >= 15 is 0 Å². The fourth-order valence-corrected chi connectivity index (χ4v) is 2.12. The number of nitrogens with zero attached hydrogens (tertiary/aromatic N) is 1. The highest BCUT2D eigenvalue weighted by atomic mass is 16.3. The van der Waals surface area contributed by atoms with Crippen LogP contribution >= 0.6 is 0 Å². The van der Waals surface area contributed by atoms with Crippen molar-refractivity contribution in [1.82, 2.24) is 5.32 Å². The Balaban J connectivity index is 1.85. The molecular formula is C14H14N2O. The second kappa shape index (κ2) is 4.18. The van der Waals surface area contributed by atoms with Crippen LogP contribution in [-0.2, 0) is 6.61 Å². The van der Waals surface area contributed by atoms with Gasteiger partial charge in [-0.3, -0.25) is 4.99 Å². The Morgan fingerprint density at radius 3 is 2.59 bits per heavy atom. The van der Waals surface area contributed by atoms with Crippen LogP contribution in [0.5, 0.6) is 0 Å². The zero-order chi connectivity index (χ0) is 11.7. The molecule has 0 amide bonds. The summed E-state index contributed by atoms with van der Waals surface area (Å²) in [6, 6.07) is 8.32. The smallest absolute Gasteiger partial charge is 0.129 e. The van der Waals surface area contributed by atoms with Crippen molar-refractivity contribution in [3.63, 3.8) is 0 Å². The predicted octanol–water partition coefficient (Wildman–Crippen LogP) is 1.39. The zero-order valence-corrected chi connectivity index (χ0v) is 9.38. The summed E-state index contributed by atoms with van der Waals surface area (Å²) in [4.78, 5) is 4.64. The lowest BCUT2D eigenvalue weighted by atomic mass is 10.1. The molecule has 1 aliphatic carbocycles.